The molecular weight excluding hydrogens is 226 g/mol. The molecule has 0 aliphatic heterocycles. The van der Waals surface area contributed by atoms with Crippen LogP contribution in [0.4, 0.5) is 5.69 Å². The second kappa shape index (κ2) is 6.07. The van der Waals surface area contributed by atoms with Crippen LogP contribution in [0.3, 0.4) is 0 Å². The standard InChI is InChI=1S/C15H17NO2/c16-14-3-1-2-13(10-14)11-18-15-6-4-12(5-7-15)8-9-17/h1-7,10,17H,8-9,11,16H2. The third kappa shape index (κ3) is 3.50. The van der Waals surface area contributed by atoms with E-state index in [0.717, 1.165) is 22.6 Å². The molecular formula is C15H17NO2. The molecule has 3 heteroatoms. The molecule has 0 aromatic heterocycles. The lowest BCUT2D eigenvalue weighted by Gasteiger charge is -2.07. The number of nitrogen functional groups attached to an aromatic ring is 1. The van der Waals surface area contributed by atoms with Crippen LogP contribution in [0.2, 0.25) is 0 Å². The topological polar surface area (TPSA) is 55.5 Å². The molecule has 0 atom stereocenters. The summed E-state index contributed by atoms with van der Waals surface area (Å²) in [7, 11) is 0. The van der Waals surface area contributed by atoms with E-state index in [4.69, 9.17) is 15.6 Å². The second-order valence-corrected chi connectivity index (χ2v) is 4.15. The van der Waals surface area contributed by atoms with Crippen LogP contribution < -0.4 is 10.5 Å². The summed E-state index contributed by atoms with van der Waals surface area (Å²) >= 11 is 0. The molecule has 0 aliphatic carbocycles. The zero-order chi connectivity index (χ0) is 12.8. The zero-order valence-electron chi connectivity index (χ0n) is 10.2. The number of rotatable bonds is 5. The quantitative estimate of drug-likeness (QED) is 0.793. The van der Waals surface area contributed by atoms with E-state index in [1.54, 1.807) is 0 Å². The van der Waals surface area contributed by atoms with Crippen LogP contribution in [0.5, 0.6) is 5.75 Å². The highest BCUT2D eigenvalue weighted by atomic mass is 16.5. The van der Waals surface area contributed by atoms with Crippen LogP contribution in [-0.2, 0) is 13.0 Å². The first-order valence-corrected chi connectivity index (χ1v) is 5.95. The van der Waals surface area contributed by atoms with Gasteiger partial charge in [-0.1, -0.05) is 24.3 Å². The summed E-state index contributed by atoms with van der Waals surface area (Å²) in [5.41, 5.74) is 8.60. The molecule has 3 nitrogen and oxygen atoms in total. The third-order valence-corrected chi connectivity index (χ3v) is 2.68. The van der Waals surface area contributed by atoms with Crippen molar-refractivity contribution in [3.8, 4) is 5.75 Å². The highest BCUT2D eigenvalue weighted by Crippen LogP contribution is 2.15. The summed E-state index contributed by atoms with van der Waals surface area (Å²) in [4.78, 5) is 0. The average molecular weight is 243 g/mol. The minimum atomic E-state index is 0.170. The van der Waals surface area contributed by atoms with Gasteiger partial charge in [-0.15, -0.1) is 0 Å². The van der Waals surface area contributed by atoms with Crippen molar-refractivity contribution in [2.75, 3.05) is 12.3 Å². The first-order chi connectivity index (χ1) is 8.78. The van der Waals surface area contributed by atoms with Gasteiger partial charge in [0, 0.05) is 12.3 Å². The monoisotopic (exact) mass is 243 g/mol. The zero-order valence-corrected chi connectivity index (χ0v) is 10.2. The summed E-state index contributed by atoms with van der Waals surface area (Å²) in [5, 5.41) is 8.82. The summed E-state index contributed by atoms with van der Waals surface area (Å²) in [6.07, 6.45) is 0.676. The molecule has 2 aromatic carbocycles. The lowest BCUT2D eigenvalue weighted by molar-refractivity contribution is 0.298. The van der Waals surface area contributed by atoms with Gasteiger partial charge < -0.3 is 15.6 Å². The van der Waals surface area contributed by atoms with Crippen LogP contribution in [0.25, 0.3) is 0 Å². The van der Waals surface area contributed by atoms with Crippen LogP contribution in [-0.4, -0.2) is 11.7 Å². The van der Waals surface area contributed by atoms with Gasteiger partial charge in [-0.25, -0.2) is 0 Å². The maximum Gasteiger partial charge on any atom is 0.119 e. The van der Waals surface area contributed by atoms with Crippen molar-refractivity contribution < 1.29 is 9.84 Å². The Morgan fingerprint density at radius 1 is 1.00 bits per heavy atom. The molecule has 2 rings (SSSR count). The van der Waals surface area contributed by atoms with Crippen molar-refractivity contribution in [2.45, 2.75) is 13.0 Å². The van der Waals surface area contributed by atoms with E-state index in [1.807, 2.05) is 48.5 Å². The average Bonchev–Trinajstić information content (AvgIpc) is 2.38. The smallest absolute Gasteiger partial charge is 0.119 e. The molecule has 0 unspecified atom stereocenters. The number of aliphatic hydroxyl groups is 1. The predicted octanol–water partition coefficient (Wildman–Crippen LogP) is 2.38. The van der Waals surface area contributed by atoms with Gasteiger partial charge in [-0.05, 0) is 41.8 Å². The number of hydrogen-bond donors (Lipinski definition) is 2. The lowest BCUT2D eigenvalue weighted by Crippen LogP contribution is -1.97. The number of anilines is 1. The van der Waals surface area contributed by atoms with E-state index in [2.05, 4.69) is 0 Å². The van der Waals surface area contributed by atoms with E-state index in [0.29, 0.717) is 13.0 Å². The normalized spacial score (nSPS) is 10.3. The first-order valence-electron chi connectivity index (χ1n) is 5.95. The van der Waals surface area contributed by atoms with E-state index in [1.165, 1.54) is 0 Å². The fourth-order valence-corrected chi connectivity index (χ4v) is 1.73. The Morgan fingerprint density at radius 3 is 2.44 bits per heavy atom. The summed E-state index contributed by atoms with van der Waals surface area (Å²) in [6, 6.07) is 15.4. The molecule has 0 aliphatic rings. The maximum atomic E-state index is 8.82. The van der Waals surface area contributed by atoms with E-state index in [9.17, 15) is 0 Å². The van der Waals surface area contributed by atoms with Crippen LogP contribution in [0.1, 0.15) is 11.1 Å². The molecule has 3 N–H and O–H groups in total. The first kappa shape index (κ1) is 12.5. The Balaban J connectivity index is 1.93. The fraction of sp³-hybridized carbons (Fsp3) is 0.200. The Labute approximate surface area is 107 Å². The van der Waals surface area contributed by atoms with Gasteiger partial charge >= 0.3 is 0 Å². The van der Waals surface area contributed by atoms with Crippen LogP contribution in [0, 0.1) is 0 Å². The molecule has 0 amide bonds. The van der Waals surface area contributed by atoms with Crippen molar-refractivity contribution in [1.82, 2.24) is 0 Å². The van der Waals surface area contributed by atoms with E-state index in [-0.39, 0.29) is 6.61 Å². The van der Waals surface area contributed by atoms with Crippen molar-refractivity contribution in [3.63, 3.8) is 0 Å². The molecule has 0 bridgehead atoms. The molecule has 18 heavy (non-hydrogen) atoms. The molecule has 94 valence electrons. The molecule has 0 saturated heterocycles. The SMILES string of the molecule is Nc1cccc(COc2ccc(CCO)cc2)c1. The molecule has 0 radical (unpaired) electrons. The maximum absolute atomic E-state index is 8.82. The largest absolute Gasteiger partial charge is 0.489 e. The molecule has 2 aromatic rings. The Bertz CT molecular complexity index is 494. The number of nitrogens with two attached hydrogens (primary N) is 1. The van der Waals surface area contributed by atoms with Gasteiger partial charge in [0.15, 0.2) is 0 Å². The lowest BCUT2D eigenvalue weighted by atomic mass is 10.1. The number of aliphatic hydroxyl groups excluding tert-OH is 1. The van der Waals surface area contributed by atoms with Gasteiger partial charge in [-0.2, -0.15) is 0 Å². The van der Waals surface area contributed by atoms with Gasteiger partial charge in [-0.3, -0.25) is 0 Å². The van der Waals surface area contributed by atoms with Crippen molar-refractivity contribution in [1.29, 1.82) is 0 Å². The van der Waals surface area contributed by atoms with E-state index >= 15 is 0 Å². The van der Waals surface area contributed by atoms with Crippen molar-refractivity contribution >= 4 is 5.69 Å². The Hall–Kier alpha value is -2.00. The van der Waals surface area contributed by atoms with Crippen molar-refractivity contribution in [2.24, 2.45) is 0 Å². The van der Waals surface area contributed by atoms with Crippen LogP contribution in [0.15, 0.2) is 48.5 Å². The minimum Gasteiger partial charge on any atom is -0.489 e. The van der Waals surface area contributed by atoms with Gasteiger partial charge in [0.25, 0.3) is 0 Å². The Morgan fingerprint density at radius 2 is 1.78 bits per heavy atom. The van der Waals surface area contributed by atoms with Gasteiger partial charge in [0.1, 0.15) is 12.4 Å². The predicted molar refractivity (Wildman–Crippen MR) is 72.4 cm³/mol. The highest BCUT2D eigenvalue weighted by molar-refractivity contribution is 5.40. The summed E-state index contributed by atoms with van der Waals surface area (Å²) < 4.78 is 5.66. The minimum absolute atomic E-state index is 0.170. The van der Waals surface area contributed by atoms with E-state index < -0.39 is 0 Å². The summed E-state index contributed by atoms with van der Waals surface area (Å²) in [6.45, 7) is 0.674. The fourth-order valence-electron chi connectivity index (χ4n) is 1.73. The third-order valence-electron chi connectivity index (χ3n) is 2.68. The van der Waals surface area contributed by atoms with Gasteiger partial charge in [0.05, 0.1) is 0 Å². The molecule has 0 heterocycles. The van der Waals surface area contributed by atoms with Crippen LogP contribution >= 0.6 is 0 Å². The number of hydrogen-bond acceptors (Lipinski definition) is 3. The molecule has 0 fully saturated rings. The molecule has 0 saturated carbocycles. The number of benzene rings is 2. The Kier molecular flexibility index (Phi) is 4.20. The number of ether oxygens (including phenoxy) is 1. The second-order valence-electron chi connectivity index (χ2n) is 4.15. The highest BCUT2D eigenvalue weighted by Gasteiger charge is 1.97. The van der Waals surface area contributed by atoms with Crippen molar-refractivity contribution in [3.05, 3.63) is 59.7 Å². The summed E-state index contributed by atoms with van der Waals surface area (Å²) in [5.74, 6) is 0.819. The van der Waals surface area contributed by atoms with Gasteiger partial charge in [0.2, 0.25) is 0 Å². The molecule has 0 spiro atoms.